The molecule has 0 atom stereocenters. The number of benzene rings is 1. The normalized spacial score (nSPS) is 16.8. The third-order valence-electron chi connectivity index (χ3n) is 2.28. The van der Waals surface area contributed by atoms with Crippen LogP contribution in [0.1, 0.15) is 5.56 Å². The maximum absolute atomic E-state index is 11.4. The molecule has 1 aromatic carbocycles. The van der Waals surface area contributed by atoms with Crippen molar-refractivity contribution in [3.8, 4) is 0 Å². The van der Waals surface area contributed by atoms with Crippen LogP contribution >= 0.6 is 0 Å². The van der Waals surface area contributed by atoms with Crippen molar-refractivity contribution in [3.05, 3.63) is 47.7 Å². The molecule has 0 radical (unpaired) electrons. The van der Waals surface area contributed by atoms with Crippen molar-refractivity contribution >= 4 is 18.2 Å². The highest BCUT2D eigenvalue weighted by Crippen LogP contribution is 2.05. The zero-order valence-corrected chi connectivity index (χ0v) is 9.41. The van der Waals surface area contributed by atoms with Crippen molar-refractivity contribution in [1.82, 2.24) is 10.4 Å². The molecule has 0 saturated heterocycles. The lowest BCUT2D eigenvalue weighted by molar-refractivity contribution is -0.116. The third kappa shape index (κ3) is 3.02. The molecule has 2 N–H and O–H groups in total. The molecule has 0 aliphatic carbocycles. The second kappa shape index (κ2) is 5.24. The molecule has 0 aromatic heterocycles. The Balaban J connectivity index is 2.07. The Morgan fingerprint density at radius 2 is 2.00 bits per heavy atom. The number of amides is 3. The van der Waals surface area contributed by atoms with Crippen LogP contribution in [-0.2, 0) is 11.3 Å². The van der Waals surface area contributed by atoms with Crippen LogP contribution in [-0.4, -0.2) is 28.4 Å². The van der Waals surface area contributed by atoms with Crippen LogP contribution in [0.4, 0.5) is 4.79 Å². The Morgan fingerprint density at radius 3 is 2.67 bits per heavy atom. The number of carbonyl (C=O) groups excluding carboxylic acids is 2. The van der Waals surface area contributed by atoms with Gasteiger partial charge >= 0.3 is 6.03 Å². The van der Waals surface area contributed by atoms with Gasteiger partial charge in [0.2, 0.25) is 0 Å². The summed E-state index contributed by atoms with van der Waals surface area (Å²) in [5.41, 5.74) is 1.01. The minimum atomic E-state index is -0.704. The monoisotopic (exact) mass is 245 g/mol. The fourth-order valence-electron chi connectivity index (χ4n) is 1.46. The van der Waals surface area contributed by atoms with Gasteiger partial charge in [-0.3, -0.25) is 20.4 Å². The van der Waals surface area contributed by atoms with E-state index in [1.807, 2.05) is 35.6 Å². The van der Waals surface area contributed by atoms with Crippen molar-refractivity contribution in [3.63, 3.8) is 0 Å². The van der Waals surface area contributed by atoms with Crippen molar-refractivity contribution < 1.29 is 14.8 Å². The highest BCUT2D eigenvalue weighted by Gasteiger charge is 2.16. The molecule has 1 aliphatic rings. The highest BCUT2D eigenvalue weighted by atomic mass is 16.5. The lowest BCUT2D eigenvalue weighted by atomic mass is 10.2. The van der Waals surface area contributed by atoms with Crippen molar-refractivity contribution in [2.24, 2.45) is 4.99 Å². The number of rotatable bonds is 3. The quantitative estimate of drug-likeness (QED) is 0.616. The average molecular weight is 245 g/mol. The predicted octanol–water partition coefficient (Wildman–Crippen LogP) is 1.08. The van der Waals surface area contributed by atoms with E-state index >= 15 is 0 Å². The Morgan fingerprint density at radius 1 is 1.28 bits per heavy atom. The summed E-state index contributed by atoms with van der Waals surface area (Å²) < 4.78 is 0. The molecule has 1 aliphatic heterocycles. The molecule has 0 spiro atoms. The number of imide groups is 1. The van der Waals surface area contributed by atoms with E-state index in [1.165, 1.54) is 6.20 Å². The standard InChI is InChI=1S/C12H11N3O3/c16-11-10(6-13-12(17)14-11)8-15(18)7-9-4-2-1-3-5-9/h1-6,8,18H,7H2,(H,14,16,17)/b10-8-. The highest BCUT2D eigenvalue weighted by molar-refractivity contribution is 6.21. The first-order valence-corrected chi connectivity index (χ1v) is 5.26. The van der Waals surface area contributed by atoms with Crippen molar-refractivity contribution in [2.75, 3.05) is 0 Å². The summed E-state index contributed by atoms with van der Waals surface area (Å²) in [6.07, 6.45) is 2.34. The largest absolute Gasteiger partial charge is 0.347 e. The van der Waals surface area contributed by atoms with Crippen LogP contribution in [0.5, 0.6) is 0 Å². The second-order valence-electron chi connectivity index (χ2n) is 3.69. The van der Waals surface area contributed by atoms with E-state index in [4.69, 9.17) is 0 Å². The zero-order chi connectivity index (χ0) is 13.0. The van der Waals surface area contributed by atoms with Crippen LogP contribution in [0.3, 0.4) is 0 Å². The molecule has 3 amide bonds. The molecule has 0 bridgehead atoms. The maximum Gasteiger partial charge on any atom is 0.347 e. The SMILES string of the molecule is O=C1N=C/C(=C/N(O)Cc2ccccc2)C(=O)N1. The molecular weight excluding hydrogens is 234 g/mol. The smallest absolute Gasteiger partial charge is 0.289 e. The zero-order valence-electron chi connectivity index (χ0n) is 9.41. The first-order chi connectivity index (χ1) is 8.65. The van der Waals surface area contributed by atoms with Gasteiger partial charge in [0.05, 0.1) is 12.1 Å². The Kier molecular flexibility index (Phi) is 3.49. The van der Waals surface area contributed by atoms with E-state index in [9.17, 15) is 14.8 Å². The van der Waals surface area contributed by atoms with Gasteiger partial charge in [0.25, 0.3) is 5.91 Å². The minimum absolute atomic E-state index is 0.119. The molecular formula is C12H11N3O3. The van der Waals surface area contributed by atoms with E-state index in [-0.39, 0.29) is 12.1 Å². The van der Waals surface area contributed by atoms with E-state index < -0.39 is 11.9 Å². The summed E-state index contributed by atoms with van der Waals surface area (Å²) in [5.74, 6) is -0.581. The minimum Gasteiger partial charge on any atom is -0.289 e. The van der Waals surface area contributed by atoms with Crippen LogP contribution in [0.15, 0.2) is 47.1 Å². The molecule has 92 valence electrons. The van der Waals surface area contributed by atoms with E-state index in [0.29, 0.717) is 0 Å². The van der Waals surface area contributed by atoms with Gasteiger partial charge in [0.1, 0.15) is 0 Å². The van der Waals surface area contributed by atoms with Crippen molar-refractivity contribution in [2.45, 2.75) is 6.54 Å². The maximum atomic E-state index is 11.4. The molecule has 0 unspecified atom stereocenters. The number of nitrogens with one attached hydrogen (secondary N) is 1. The number of hydrogen-bond donors (Lipinski definition) is 2. The third-order valence-corrected chi connectivity index (χ3v) is 2.28. The number of nitrogens with zero attached hydrogens (tertiary/aromatic N) is 2. The summed E-state index contributed by atoms with van der Waals surface area (Å²) >= 11 is 0. The van der Waals surface area contributed by atoms with Crippen molar-refractivity contribution in [1.29, 1.82) is 0 Å². The van der Waals surface area contributed by atoms with Crippen LogP contribution < -0.4 is 5.32 Å². The Hall–Kier alpha value is -2.47. The number of hydroxylamine groups is 2. The fraction of sp³-hybridized carbons (Fsp3) is 0.0833. The lowest BCUT2D eigenvalue weighted by Gasteiger charge is -2.14. The van der Waals surface area contributed by atoms with E-state index in [2.05, 4.69) is 4.99 Å². The van der Waals surface area contributed by atoms with Gasteiger partial charge in [-0.05, 0) is 5.56 Å². The predicted molar refractivity (Wildman–Crippen MR) is 63.9 cm³/mol. The number of urea groups is 1. The summed E-state index contributed by atoms with van der Waals surface area (Å²) in [6.45, 7) is 0.236. The summed E-state index contributed by atoms with van der Waals surface area (Å²) in [4.78, 5) is 25.5. The summed E-state index contributed by atoms with van der Waals surface area (Å²) in [5, 5.41) is 12.6. The van der Waals surface area contributed by atoms with Crippen LogP contribution in [0.2, 0.25) is 0 Å². The average Bonchev–Trinajstić information content (AvgIpc) is 2.34. The Labute approximate surface area is 103 Å². The number of hydrogen-bond acceptors (Lipinski definition) is 4. The van der Waals surface area contributed by atoms with Crippen LogP contribution in [0, 0.1) is 0 Å². The van der Waals surface area contributed by atoms with Gasteiger partial charge in [-0.25, -0.2) is 9.79 Å². The van der Waals surface area contributed by atoms with Gasteiger partial charge in [0, 0.05) is 12.4 Å². The fourth-order valence-corrected chi connectivity index (χ4v) is 1.46. The number of carbonyl (C=O) groups is 2. The summed E-state index contributed by atoms with van der Waals surface area (Å²) in [7, 11) is 0. The molecule has 0 fully saturated rings. The molecule has 1 aromatic rings. The molecule has 18 heavy (non-hydrogen) atoms. The van der Waals surface area contributed by atoms with Crippen LogP contribution in [0.25, 0.3) is 0 Å². The van der Waals surface area contributed by atoms with E-state index in [1.54, 1.807) is 0 Å². The second-order valence-corrected chi connectivity index (χ2v) is 3.69. The lowest BCUT2D eigenvalue weighted by Crippen LogP contribution is -2.34. The Bertz CT molecular complexity index is 523. The molecule has 6 heteroatoms. The topological polar surface area (TPSA) is 82.0 Å². The van der Waals surface area contributed by atoms with Gasteiger partial charge in [0.15, 0.2) is 0 Å². The first-order valence-electron chi connectivity index (χ1n) is 5.26. The molecule has 1 heterocycles. The summed E-state index contributed by atoms with van der Waals surface area (Å²) in [6, 6.07) is 8.56. The first kappa shape index (κ1) is 12.0. The van der Waals surface area contributed by atoms with Gasteiger partial charge in [-0.15, -0.1) is 0 Å². The van der Waals surface area contributed by atoms with E-state index in [0.717, 1.165) is 16.8 Å². The molecule has 0 saturated carbocycles. The number of aliphatic imine (C=N–C) groups is 1. The van der Waals surface area contributed by atoms with Gasteiger partial charge in [-0.1, -0.05) is 30.3 Å². The molecule has 2 rings (SSSR count). The van der Waals surface area contributed by atoms with Gasteiger partial charge in [-0.2, -0.15) is 0 Å². The van der Waals surface area contributed by atoms with Gasteiger partial charge < -0.3 is 0 Å². The molecule has 6 nitrogen and oxygen atoms in total.